The highest BCUT2D eigenvalue weighted by Crippen LogP contribution is 2.67. The van der Waals surface area contributed by atoms with Crippen molar-refractivity contribution in [1.82, 2.24) is 9.80 Å². The van der Waals surface area contributed by atoms with E-state index in [-0.39, 0.29) is 42.2 Å². The van der Waals surface area contributed by atoms with Crippen molar-refractivity contribution in [2.45, 2.75) is 75.0 Å². The predicted octanol–water partition coefficient (Wildman–Crippen LogP) is 3.03. The highest BCUT2D eigenvalue weighted by molar-refractivity contribution is 8.02. The fourth-order valence-electron chi connectivity index (χ4n) is 6.02. The number of carbonyl (C=O) groups excluding carboxylic acids is 3. The molecule has 7 atom stereocenters. The van der Waals surface area contributed by atoms with Gasteiger partial charge in [-0.3, -0.25) is 14.4 Å². The van der Waals surface area contributed by atoms with Crippen molar-refractivity contribution in [3.8, 4) is 0 Å². The number of amides is 2. The lowest BCUT2D eigenvalue weighted by Gasteiger charge is -2.41. The largest absolute Gasteiger partial charge is 0.461 e. The van der Waals surface area contributed by atoms with Gasteiger partial charge in [-0.15, -0.1) is 18.3 Å². The zero-order valence-corrected chi connectivity index (χ0v) is 21.6. The molecule has 3 aliphatic rings. The van der Waals surface area contributed by atoms with E-state index in [9.17, 15) is 19.5 Å². The van der Waals surface area contributed by atoms with Gasteiger partial charge in [0, 0.05) is 18.3 Å². The van der Waals surface area contributed by atoms with E-state index in [0.717, 1.165) is 25.7 Å². The van der Waals surface area contributed by atoms with Crippen LogP contribution in [0.2, 0.25) is 0 Å². The highest BCUT2D eigenvalue weighted by Gasteiger charge is 2.74. The van der Waals surface area contributed by atoms with Gasteiger partial charge in [-0.1, -0.05) is 52.3 Å². The number of fused-ring (bicyclic) bond motifs is 1. The zero-order chi connectivity index (χ0) is 25.0. The summed E-state index contributed by atoms with van der Waals surface area (Å²) in [5, 5.41) is 10.3. The van der Waals surface area contributed by atoms with Crippen LogP contribution in [0.3, 0.4) is 0 Å². The molecule has 0 aromatic rings. The summed E-state index contributed by atoms with van der Waals surface area (Å²) < 4.78 is 4.73. The van der Waals surface area contributed by atoms with E-state index < -0.39 is 28.7 Å². The normalized spacial score (nSPS) is 31.2. The molecule has 190 valence electrons. The summed E-state index contributed by atoms with van der Waals surface area (Å²) in [6.45, 7) is 14.4. The quantitative estimate of drug-likeness (QED) is 0.314. The average Bonchev–Trinajstić information content (AvgIpc) is 3.48. The molecule has 3 fully saturated rings. The van der Waals surface area contributed by atoms with Crippen molar-refractivity contribution in [3.05, 3.63) is 25.3 Å². The molecule has 3 aliphatic heterocycles. The number of likely N-dealkylation sites (tertiary alicyclic amines) is 1. The first-order valence-corrected chi connectivity index (χ1v) is 13.5. The monoisotopic (exact) mass is 492 g/mol. The van der Waals surface area contributed by atoms with Crippen molar-refractivity contribution < 1.29 is 24.2 Å². The molecule has 3 saturated heterocycles. The number of thioether (sulfide) groups is 1. The van der Waals surface area contributed by atoms with E-state index >= 15 is 0 Å². The fourth-order valence-corrected chi connectivity index (χ4v) is 8.20. The van der Waals surface area contributed by atoms with Gasteiger partial charge >= 0.3 is 5.97 Å². The number of aliphatic hydroxyl groups excluding tert-OH is 1. The standard InChI is InChI=1S/C26H40N2O5S/c1-6-10-14-27(13-7-2)24(31)22-26-12-11-19(34-26)20(25(32)33-15-8-3)21(26)23(30)28(22)18(16-29)17(5)9-4/h7-8,17-22,29H,2-3,6,9-16H2,1,4-5H3/t17-,18-,19-,20+,21-,22?,26?/m0/s1. The van der Waals surface area contributed by atoms with Crippen LogP contribution in [0.4, 0.5) is 0 Å². The first-order valence-electron chi connectivity index (χ1n) is 12.6. The van der Waals surface area contributed by atoms with Crippen molar-refractivity contribution in [2.75, 3.05) is 26.3 Å². The van der Waals surface area contributed by atoms with Gasteiger partial charge in [0.25, 0.3) is 0 Å². The van der Waals surface area contributed by atoms with Gasteiger partial charge in [0.15, 0.2) is 0 Å². The molecule has 2 unspecified atom stereocenters. The number of nitrogens with zero attached hydrogens (tertiary/aromatic N) is 2. The van der Waals surface area contributed by atoms with Crippen molar-refractivity contribution >= 4 is 29.5 Å². The molecule has 2 bridgehead atoms. The Morgan fingerprint density at radius 2 is 2.09 bits per heavy atom. The topological polar surface area (TPSA) is 87.2 Å². The molecule has 0 aliphatic carbocycles. The third-order valence-corrected chi connectivity index (χ3v) is 9.83. The van der Waals surface area contributed by atoms with Gasteiger partial charge in [0.2, 0.25) is 11.8 Å². The number of rotatable bonds is 13. The minimum Gasteiger partial charge on any atom is -0.461 e. The fraction of sp³-hybridized carbons (Fsp3) is 0.731. The maximum atomic E-state index is 14.2. The molecule has 0 radical (unpaired) electrons. The zero-order valence-electron chi connectivity index (χ0n) is 20.8. The Kier molecular flexibility index (Phi) is 8.90. The Morgan fingerprint density at radius 3 is 2.68 bits per heavy atom. The van der Waals surface area contributed by atoms with Gasteiger partial charge in [-0.05, 0) is 25.2 Å². The van der Waals surface area contributed by atoms with Crippen LogP contribution < -0.4 is 0 Å². The highest BCUT2D eigenvalue weighted by atomic mass is 32.2. The summed E-state index contributed by atoms with van der Waals surface area (Å²) in [5.74, 6) is -1.86. The maximum Gasteiger partial charge on any atom is 0.311 e. The first kappa shape index (κ1) is 26.8. The molecular formula is C26H40N2O5S. The van der Waals surface area contributed by atoms with Gasteiger partial charge in [-0.25, -0.2) is 0 Å². The predicted molar refractivity (Wildman–Crippen MR) is 134 cm³/mol. The van der Waals surface area contributed by atoms with Gasteiger partial charge in [0.05, 0.1) is 29.2 Å². The minimum absolute atomic E-state index is 0.0105. The molecule has 7 nitrogen and oxygen atoms in total. The third kappa shape index (κ3) is 4.43. The SMILES string of the molecule is C=CCOC(=O)[C@@H]1[C@@H]2CCC3(S2)C(C(=O)N(CC=C)CCCC)N([C@@H](CO)[C@@H](C)CC)C(=O)[C@H]13. The van der Waals surface area contributed by atoms with Crippen molar-refractivity contribution in [2.24, 2.45) is 17.8 Å². The van der Waals surface area contributed by atoms with E-state index in [4.69, 9.17) is 4.74 Å². The van der Waals surface area contributed by atoms with Crippen LogP contribution in [0.5, 0.6) is 0 Å². The van der Waals surface area contributed by atoms with Gasteiger partial charge in [-0.2, -0.15) is 0 Å². The number of carbonyl (C=O) groups is 3. The lowest BCUT2D eigenvalue weighted by Crippen LogP contribution is -2.58. The molecule has 34 heavy (non-hydrogen) atoms. The maximum absolute atomic E-state index is 14.2. The summed E-state index contributed by atoms with van der Waals surface area (Å²) >= 11 is 1.63. The molecule has 0 saturated carbocycles. The Bertz CT molecular complexity index is 804. The number of hydrogen-bond donors (Lipinski definition) is 1. The van der Waals surface area contributed by atoms with Gasteiger partial charge in [0.1, 0.15) is 12.6 Å². The van der Waals surface area contributed by atoms with Crippen LogP contribution in [-0.4, -0.2) is 81.1 Å². The number of aliphatic hydroxyl groups is 1. The average molecular weight is 493 g/mol. The molecule has 2 amide bonds. The number of esters is 1. The molecule has 0 aromatic heterocycles. The molecule has 1 spiro atoms. The van der Waals surface area contributed by atoms with Crippen LogP contribution in [0.25, 0.3) is 0 Å². The number of unbranched alkanes of at least 4 members (excludes halogenated alkanes) is 1. The smallest absolute Gasteiger partial charge is 0.311 e. The van der Waals surface area contributed by atoms with E-state index in [0.29, 0.717) is 19.5 Å². The lowest BCUT2D eigenvalue weighted by atomic mass is 9.71. The Morgan fingerprint density at radius 1 is 1.35 bits per heavy atom. The Labute approximate surface area is 208 Å². The summed E-state index contributed by atoms with van der Waals surface area (Å²) in [6, 6.07) is -1.19. The second-order valence-corrected chi connectivity index (χ2v) is 11.4. The molecular weight excluding hydrogens is 452 g/mol. The van der Waals surface area contributed by atoms with E-state index in [1.165, 1.54) is 6.08 Å². The van der Waals surface area contributed by atoms with Crippen LogP contribution in [0.1, 0.15) is 52.9 Å². The number of ether oxygens (including phenoxy) is 1. The van der Waals surface area contributed by atoms with Crippen LogP contribution in [0.15, 0.2) is 25.3 Å². The minimum atomic E-state index is -0.708. The van der Waals surface area contributed by atoms with Crippen molar-refractivity contribution in [1.29, 1.82) is 0 Å². The third-order valence-electron chi connectivity index (χ3n) is 7.88. The molecule has 3 rings (SSSR count). The van der Waals surface area contributed by atoms with E-state index in [2.05, 4.69) is 20.1 Å². The van der Waals surface area contributed by atoms with Gasteiger partial charge < -0.3 is 19.6 Å². The first-order chi connectivity index (χ1) is 16.3. The molecule has 0 aromatic carbocycles. The summed E-state index contributed by atoms with van der Waals surface area (Å²) in [7, 11) is 0. The molecule has 8 heteroatoms. The van der Waals surface area contributed by atoms with E-state index in [1.54, 1.807) is 27.6 Å². The van der Waals surface area contributed by atoms with Crippen LogP contribution in [0, 0.1) is 17.8 Å². The molecule has 3 heterocycles. The summed E-state index contributed by atoms with van der Waals surface area (Å²) in [4.78, 5) is 44.7. The van der Waals surface area contributed by atoms with E-state index in [1.807, 2.05) is 13.8 Å². The number of hydrogen-bond acceptors (Lipinski definition) is 6. The Hall–Kier alpha value is -1.80. The molecule has 1 N–H and O–H groups in total. The van der Waals surface area contributed by atoms with Crippen LogP contribution >= 0.6 is 11.8 Å². The summed E-state index contributed by atoms with van der Waals surface area (Å²) in [5.41, 5.74) is 0. The second kappa shape index (κ2) is 11.3. The second-order valence-electron chi connectivity index (χ2n) is 9.78. The van der Waals surface area contributed by atoms with Crippen LogP contribution in [-0.2, 0) is 19.1 Å². The van der Waals surface area contributed by atoms with Crippen molar-refractivity contribution in [3.63, 3.8) is 0 Å². The summed E-state index contributed by atoms with van der Waals surface area (Å²) in [6.07, 6.45) is 7.28. The lowest BCUT2D eigenvalue weighted by molar-refractivity contribution is -0.154. The Balaban J connectivity index is 2.07.